The van der Waals surface area contributed by atoms with E-state index in [9.17, 15) is 18.3 Å². The van der Waals surface area contributed by atoms with Crippen molar-refractivity contribution in [3.63, 3.8) is 0 Å². The maximum absolute atomic E-state index is 13.1. The third-order valence-corrected chi connectivity index (χ3v) is 8.01. The van der Waals surface area contributed by atoms with Gasteiger partial charge in [-0.05, 0) is 49.2 Å². The van der Waals surface area contributed by atoms with Crippen molar-refractivity contribution < 1.29 is 18.3 Å². The van der Waals surface area contributed by atoms with Gasteiger partial charge in [0, 0.05) is 17.0 Å². The van der Waals surface area contributed by atoms with Crippen LogP contribution in [0.1, 0.15) is 19.4 Å². The van der Waals surface area contributed by atoms with Gasteiger partial charge in [0.2, 0.25) is 10.0 Å². The summed E-state index contributed by atoms with van der Waals surface area (Å²) in [6, 6.07) is 14.3. The maximum Gasteiger partial charge on any atom is 0.323 e. The number of nitrogens with zero attached hydrogens (tertiary/aromatic N) is 2. The van der Waals surface area contributed by atoms with Crippen LogP contribution in [0.3, 0.4) is 0 Å². The second kappa shape index (κ2) is 7.59. The van der Waals surface area contributed by atoms with Crippen LogP contribution in [0.4, 0.5) is 0 Å². The molecule has 2 aromatic rings. The molecule has 1 aliphatic rings. The lowest BCUT2D eigenvalue weighted by Gasteiger charge is -2.42. The Hall–Kier alpha value is -2.34. The van der Waals surface area contributed by atoms with Gasteiger partial charge < -0.3 is 5.11 Å². The summed E-state index contributed by atoms with van der Waals surface area (Å²) in [7, 11) is -3.94. The number of aliphatic carboxylic acids is 1. The molecule has 0 saturated carbocycles. The zero-order chi connectivity index (χ0) is 20.5. The van der Waals surface area contributed by atoms with E-state index in [1.807, 2.05) is 0 Å². The molecule has 28 heavy (non-hydrogen) atoms. The lowest BCUT2D eigenvalue weighted by molar-refractivity contribution is -0.142. The van der Waals surface area contributed by atoms with Crippen LogP contribution in [0.15, 0.2) is 53.4 Å². The molecule has 2 aromatic carbocycles. The van der Waals surface area contributed by atoms with Gasteiger partial charge in [-0.15, -0.1) is 0 Å². The van der Waals surface area contributed by atoms with Crippen LogP contribution in [0, 0.1) is 11.3 Å². The fourth-order valence-electron chi connectivity index (χ4n) is 3.32. The Balaban J connectivity index is 1.93. The lowest BCUT2D eigenvalue weighted by Crippen LogP contribution is -2.58. The molecule has 1 saturated heterocycles. The predicted molar refractivity (Wildman–Crippen MR) is 108 cm³/mol. The number of carboxylic acids is 1. The molecular formula is C20H20N2O4S2. The number of carboxylic acid groups (broad SMARTS) is 1. The fraction of sp³-hybridized carbons (Fsp3) is 0.300. The molecule has 1 aliphatic heterocycles. The Morgan fingerprint density at radius 1 is 1.14 bits per heavy atom. The van der Waals surface area contributed by atoms with E-state index in [0.29, 0.717) is 11.3 Å². The van der Waals surface area contributed by atoms with Gasteiger partial charge in [0.05, 0.1) is 16.5 Å². The van der Waals surface area contributed by atoms with Gasteiger partial charge in [0.25, 0.3) is 0 Å². The first-order valence-electron chi connectivity index (χ1n) is 8.66. The number of hydrogen-bond acceptors (Lipinski definition) is 5. The second-order valence-electron chi connectivity index (χ2n) is 7.02. The Bertz CT molecular complexity index is 1020. The van der Waals surface area contributed by atoms with Crippen LogP contribution in [0.5, 0.6) is 0 Å². The first kappa shape index (κ1) is 20.4. The van der Waals surface area contributed by atoms with Crippen molar-refractivity contribution in [2.24, 2.45) is 0 Å². The molecule has 8 heteroatoms. The van der Waals surface area contributed by atoms with E-state index in [4.69, 9.17) is 5.26 Å². The standard InChI is InChI=1S/C20H20N2O4S2/c1-20(2)18(19(23)24)22(11-12-27-20)28(25,26)17-9-7-16(8-10-17)15-5-3-14(13-21)4-6-15/h3-10,18H,11-12H2,1-2H3,(H,23,24). The molecule has 146 valence electrons. The largest absolute Gasteiger partial charge is 0.480 e. The van der Waals surface area contributed by atoms with Crippen LogP contribution in [-0.4, -0.2) is 46.9 Å². The van der Waals surface area contributed by atoms with E-state index in [1.54, 1.807) is 50.2 Å². The highest BCUT2D eigenvalue weighted by molar-refractivity contribution is 8.00. The number of nitriles is 1. The van der Waals surface area contributed by atoms with E-state index in [0.717, 1.165) is 15.4 Å². The third kappa shape index (κ3) is 3.78. The molecule has 0 spiro atoms. The van der Waals surface area contributed by atoms with Gasteiger partial charge in [0.15, 0.2) is 0 Å². The van der Waals surface area contributed by atoms with E-state index in [-0.39, 0.29) is 11.4 Å². The molecule has 1 heterocycles. The molecule has 0 bridgehead atoms. The van der Waals surface area contributed by atoms with Crippen LogP contribution in [-0.2, 0) is 14.8 Å². The third-order valence-electron chi connectivity index (χ3n) is 4.77. The van der Waals surface area contributed by atoms with E-state index in [2.05, 4.69) is 6.07 Å². The van der Waals surface area contributed by atoms with Crippen molar-refractivity contribution in [3.05, 3.63) is 54.1 Å². The number of thioether (sulfide) groups is 1. The highest BCUT2D eigenvalue weighted by Gasteiger charge is 2.48. The summed E-state index contributed by atoms with van der Waals surface area (Å²) in [6.45, 7) is 3.67. The van der Waals surface area contributed by atoms with Gasteiger partial charge in [-0.2, -0.15) is 21.3 Å². The highest BCUT2D eigenvalue weighted by Crippen LogP contribution is 2.38. The first-order chi connectivity index (χ1) is 13.2. The van der Waals surface area contributed by atoms with Crippen molar-refractivity contribution in [1.82, 2.24) is 4.31 Å². The molecule has 6 nitrogen and oxygen atoms in total. The predicted octanol–water partition coefficient (Wildman–Crippen LogP) is 3.19. The summed E-state index contributed by atoms with van der Waals surface area (Å²) in [5, 5.41) is 18.5. The van der Waals surface area contributed by atoms with Gasteiger partial charge in [-0.1, -0.05) is 24.3 Å². The topological polar surface area (TPSA) is 98.5 Å². The average Bonchev–Trinajstić information content (AvgIpc) is 2.67. The van der Waals surface area contributed by atoms with E-state index < -0.39 is 26.8 Å². The normalized spacial score (nSPS) is 19.7. The zero-order valence-electron chi connectivity index (χ0n) is 15.5. The number of rotatable bonds is 4. The second-order valence-corrected chi connectivity index (χ2v) is 10.7. The van der Waals surface area contributed by atoms with Gasteiger partial charge in [0.1, 0.15) is 6.04 Å². The molecule has 0 amide bonds. The number of benzene rings is 2. The van der Waals surface area contributed by atoms with Crippen LogP contribution < -0.4 is 0 Å². The SMILES string of the molecule is CC1(C)SCCN(S(=O)(=O)c2ccc(-c3ccc(C#N)cc3)cc2)C1C(=O)O. The first-order valence-corrected chi connectivity index (χ1v) is 11.1. The molecule has 1 unspecified atom stereocenters. The minimum Gasteiger partial charge on any atom is -0.480 e. The lowest BCUT2D eigenvalue weighted by atomic mass is 10.0. The average molecular weight is 417 g/mol. The van der Waals surface area contributed by atoms with Crippen LogP contribution in [0.25, 0.3) is 11.1 Å². The summed E-state index contributed by atoms with van der Waals surface area (Å²) in [5.74, 6) is -0.603. The molecule has 1 fully saturated rings. The minimum absolute atomic E-state index is 0.0684. The summed E-state index contributed by atoms with van der Waals surface area (Å²) in [5.41, 5.74) is 2.22. The summed E-state index contributed by atoms with van der Waals surface area (Å²) in [6.07, 6.45) is 0. The van der Waals surface area contributed by atoms with Crippen molar-refractivity contribution >= 4 is 27.8 Å². The van der Waals surface area contributed by atoms with Gasteiger partial charge >= 0.3 is 5.97 Å². The Morgan fingerprint density at radius 3 is 2.18 bits per heavy atom. The summed E-state index contributed by atoms with van der Waals surface area (Å²) in [4.78, 5) is 11.9. The Morgan fingerprint density at radius 2 is 1.68 bits per heavy atom. The minimum atomic E-state index is -3.94. The highest BCUT2D eigenvalue weighted by atomic mass is 32.2. The van der Waals surface area contributed by atoms with E-state index >= 15 is 0 Å². The summed E-state index contributed by atoms with van der Waals surface area (Å²) < 4.78 is 26.7. The molecule has 1 atom stereocenters. The van der Waals surface area contributed by atoms with Crippen molar-refractivity contribution in [2.45, 2.75) is 29.5 Å². The molecule has 1 N–H and O–H groups in total. The van der Waals surface area contributed by atoms with Crippen LogP contribution >= 0.6 is 11.8 Å². The molecule has 0 aliphatic carbocycles. The zero-order valence-corrected chi connectivity index (χ0v) is 17.1. The number of sulfonamides is 1. The van der Waals surface area contributed by atoms with Crippen molar-refractivity contribution in [2.75, 3.05) is 12.3 Å². The maximum atomic E-state index is 13.1. The van der Waals surface area contributed by atoms with Crippen LogP contribution in [0.2, 0.25) is 0 Å². The van der Waals surface area contributed by atoms with Crippen molar-refractivity contribution in [3.8, 4) is 17.2 Å². The molecule has 0 aromatic heterocycles. The van der Waals surface area contributed by atoms with Gasteiger partial charge in [-0.3, -0.25) is 4.79 Å². The Kier molecular flexibility index (Phi) is 5.53. The number of carbonyl (C=O) groups is 1. The molecular weight excluding hydrogens is 396 g/mol. The van der Waals surface area contributed by atoms with Gasteiger partial charge in [-0.25, -0.2) is 8.42 Å². The van der Waals surface area contributed by atoms with E-state index in [1.165, 1.54) is 23.9 Å². The quantitative estimate of drug-likeness (QED) is 0.822. The monoisotopic (exact) mass is 416 g/mol. The Labute approximate surface area is 168 Å². The molecule has 3 rings (SSSR count). The fourth-order valence-corrected chi connectivity index (χ4v) is 6.42. The number of hydrogen-bond donors (Lipinski definition) is 1. The smallest absolute Gasteiger partial charge is 0.323 e. The molecule has 0 radical (unpaired) electrons. The summed E-state index contributed by atoms with van der Waals surface area (Å²) >= 11 is 1.46. The van der Waals surface area contributed by atoms with Crippen molar-refractivity contribution in [1.29, 1.82) is 5.26 Å².